The molecule has 1 aliphatic heterocycles. The molecule has 4 nitrogen and oxygen atoms in total. The molecule has 0 spiro atoms. The lowest BCUT2D eigenvalue weighted by Gasteiger charge is -2.36. The van der Waals surface area contributed by atoms with Gasteiger partial charge in [-0.25, -0.2) is 4.98 Å². The molecule has 0 saturated carbocycles. The molecule has 2 heterocycles. The average molecular weight is 254 g/mol. The van der Waals surface area contributed by atoms with Crippen LogP contribution < -0.4 is 10.6 Å². The standard InChI is InChI=1S/C12H22N4S/c1-9(2)15-4-6-16(7-5-15)12-14-11(8-17-12)10(3)13/h8-10H,4-7,13H2,1-3H3. The van der Waals surface area contributed by atoms with Crippen LogP contribution in [0.5, 0.6) is 0 Å². The van der Waals surface area contributed by atoms with E-state index in [4.69, 9.17) is 5.73 Å². The van der Waals surface area contributed by atoms with Crippen LogP contribution in [0.4, 0.5) is 5.13 Å². The van der Waals surface area contributed by atoms with Crippen LogP contribution in [0.25, 0.3) is 0 Å². The van der Waals surface area contributed by atoms with E-state index in [1.54, 1.807) is 11.3 Å². The lowest BCUT2D eigenvalue weighted by Crippen LogP contribution is -2.48. The van der Waals surface area contributed by atoms with Crippen LogP contribution in [-0.2, 0) is 0 Å². The third-order valence-corrected chi connectivity index (χ3v) is 4.21. The van der Waals surface area contributed by atoms with Crippen LogP contribution >= 0.6 is 11.3 Å². The van der Waals surface area contributed by atoms with Gasteiger partial charge in [-0.15, -0.1) is 11.3 Å². The number of thiazole rings is 1. The molecular weight excluding hydrogens is 232 g/mol. The van der Waals surface area contributed by atoms with E-state index in [0.29, 0.717) is 6.04 Å². The number of hydrogen-bond acceptors (Lipinski definition) is 5. The summed E-state index contributed by atoms with van der Waals surface area (Å²) in [6, 6.07) is 0.685. The first-order chi connectivity index (χ1) is 8.08. The Hall–Kier alpha value is -0.650. The first kappa shape index (κ1) is 12.8. The van der Waals surface area contributed by atoms with E-state index in [-0.39, 0.29) is 6.04 Å². The highest BCUT2D eigenvalue weighted by Crippen LogP contribution is 2.24. The van der Waals surface area contributed by atoms with Crippen molar-refractivity contribution in [1.82, 2.24) is 9.88 Å². The molecule has 0 amide bonds. The van der Waals surface area contributed by atoms with E-state index in [9.17, 15) is 0 Å². The Kier molecular flexibility index (Phi) is 4.01. The normalized spacial score (nSPS) is 19.9. The van der Waals surface area contributed by atoms with Crippen molar-refractivity contribution in [1.29, 1.82) is 0 Å². The molecule has 0 aliphatic carbocycles. The Bertz CT molecular complexity index is 353. The molecule has 1 saturated heterocycles. The Morgan fingerprint density at radius 2 is 1.88 bits per heavy atom. The van der Waals surface area contributed by atoms with Crippen molar-refractivity contribution < 1.29 is 0 Å². The number of piperazine rings is 1. The zero-order valence-electron chi connectivity index (χ0n) is 10.9. The number of anilines is 1. The second-order valence-electron chi connectivity index (χ2n) is 4.96. The van der Waals surface area contributed by atoms with Gasteiger partial charge >= 0.3 is 0 Å². The van der Waals surface area contributed by atoms with E-state index in [1.165, 1.54) is 0 Å². The van der Waals surface area contributed by atoms with Gasteiger partial charge in [0.1, 0.15) is 0 Å². The molecule has 1 fully saturated rings. The number of aromatic nitrogens is 1. The van der Waals surface area contributed by atoms with Crippen molar-refractivity contribution in [2.24, 2.45) is 5.73 Å². The lowest BCUT2D eigenvalue weighted by molar-refractivity contribution is 0.209. The number of hydrogen-bond donors (Lipinski definition) is 1. The van der Waals surface area contributed by atoms with Crippen LogP contribution in [0, 0.1) is 0 Å². The molecule has 1 atom stereocenters. The third-order valence-electron chi connectivity index (χ3n) is 3.29. The molecule has 1 aromatic heterocycles. The quantitative estimate of drug-likeness (QED) is 0.891. The highest BCUT2D eigenvalue weighted by molar-refractivity contribution is 7.13. The monoisotopic (exact) mass is 254 g/mol. The number of rotatable bonds is 3. The summed E-state index contributed by atoms with van der Waals surface area (Å²) >= 11 is 1.71. The van der Waals surface area contributed by atoms with Gasteiger partial charge in [0.25, 0.3) is 0 Å². The summed E-state index contributed by atoms with van der Waals surface area (Å²) in [6.07, 6.45) is 0. The predicted molar refractivity (Wildman–Crippen MR) is 73.6 cm³/mol. The van der Waals surface area contributed by atoms with Gasteiger partial charge in [-0.3, -0.25) is 4.90 Å². The maximum atomic E-state index is 5.84. The predicted octanol–water partition coefficient (Wildman–Crippen LogP) is 1.69. The number of nitrogens with zero attached hydrogens (tertiary/aromatic N) is 3. The molecule has 96 valence electrons. The van der Waals surface area contributed by atoms with E-state index in [2.05, 4.69) is 34.0 Å². The van der Waals surface area contributed by atoms with Gasteiger partial charge in [-0.2, -0.15) is 0 Å². The van der Waals surface area contributed by atoms with Gasteiger partial charge in [0, 0.05) is 43.6 Å². The molecule has 1 aromatic rings. The van der Waals surface area contributed by atoms with Gasteiger partial charge < -0.3 is 10.6 Å². The molecular formula is C12H22N4S. The summed E-state index contributed by atoms with van der Waals surface area (Å²) < 4.78 is 0. The maximum absolute atomic E-state index is 5.84. The minimum absolute atomic E-state index is 0.0388. The van der Waals surface area contributed by atoms with E-state index in [0.717, 1.165) is 37.0 Å². The highest BCUT2D eigenvalue weighted by Gasteiger charge is 2.21. The van der Waals surface area contributed by atoms with Crippen molar-refractivity contribution in [3.63, 3.8) is 0 Å². The van der Waals surface area contributed by atoms with Crippen molar-refractivity contribution in [3.8, 4) is 0 Å². The molecule has 1 aliphatic rings. The van der Waals surface area contributed by atoms with Gasteiger partial charge in [0.05, 0.1) is 5.69 Å². The summed E-state index contributed by atoms with van der Waals surface area (Å²) in [6.45, 7) is 10.9. The zero-order valence-corrected chi connectivity index (χ0v) is 11.7. The Balaban J connectivity index is 1.96. The van der Waals surface area contributed by atoms with Gasteiger partial charge in [-0.1, -0.05) is 0 Å². The smallest absolute Gasteiger partial charge is 0.185 e. The molecule has 2 N–H and O–H groups in total. The summed E-state index contributed by atoms with van der Waals surface area (Å²) in [4.78, 5) is 9.49. The van der Waals surface area contributed by atoms with Crippen LogP contribution in [0.3, 0.4) is 0 Å². The number of nitrogens with two attached hydrogens (primary N) is 1. The zero-order chi connectivity index (χ0) is 12.4. The van der Waals surface area contributed by atoms with Crippen LogP contribution in [0.15, 0.2) is 5.38 Å². The van der Waals surface area contributed by atoms with Gasteiger partial charge in [0.15, 0.2) is 5.13 Å². The third kappa shape index (κ3) is 2.97. The largest absolute Gasteiger partial charge is 0.346 e. The Morgan fingerprint density at radius 3 is 2.35 bits per heavy atom. The summed E-state index contributed by atoms with van der Waals surface area (Å²) in [5, 5.41) is 3.20. The minimum atomic E-state index is 0.0388. The van der Waals surface area contributed by atoms with Crippen LogP contribution in [0.2, 0.25) is 0 Å². The molecule has 0 bridgehead atoms. The molecule has 5 heteroatoms. The maximum Gasteiger partial charge on any atom is 0.185 e. The fraction of sp³-hybridized carbons (Fsp3) is 0.750. The first-order valence-corrected chi connectivity index (χ1v) is 7.16. The van der Waals surface area contributed by atoms with E-state index >= 15 is 0 Å². The molecule has 0 aromatic carbocycles. The van der Waals surface area contributed by atoms with Crippen molar-refractivity contribution in [2.45, 2.75) is 32.9 Å². The van der Waals surface area contributed by atoms with Gasteiger partial charge in [-0.05, 0) is 20.8 Å². The lowest BCUT2D eigenvalue weighted by atomic mass is 10.2. The second kappa shape index (κ2) is 5.33. The van der Waals surface area contributed by atoms with E-state index in [1.807, 2.05) is 6.92 Å². The van der Waals surface area contributed by atoms with E-state index < -0.39 is 0 Å². The summed E-state index contributed by atoms with van der Waals surface area (Å²) in [5.74, 6) is 0. The molecule has 2 rings (SSSR count). The van der Waals surface area contributed by atoms with Crippen LogP contribution in [-0.4, -0.2) is 42.1 Å². The summed E-state index contributed by atoms with van der Waals surface area (Å²) in [7, 11) is 0. The fourth-order valence-electron chi connectivity index (χ4n) is 2.06. The minimum Gasteiger partial charge on any atom is -0.346 e. The average Bonchev–Trinajstić information content (AvgIpc) is 2.78. The highest BCUT2D eigenvalue weighted by atomic mass is 32.1. The fourth-order valence-corrected chi connectivity index (χ4v) is 3.04. The molecule has 17 heavy (non-hydrogen) atoms. The first-order valence-electron chi connectivity index (χ1n) is 6.28. The van der Waals surface area contributed by atoms with Gasteiger partial charge in [0.2, 0.25) is 0 Å². The topological polar surface area (TPSA) is 45.4 Å². The molecule has 0 radical (unpaired) electrons. The van der Waals surface area contributed by atoms with Crippen molar-refractivity contribution in [2.75, 3.05) is 31.1 Å². The van der Waals surface area contributed by atoms with Crippen molar-refractivity contribution in [3.05, 3.63) is 11.1 Å². The SMILES string of the molecule is CC(N)c1csc(N2CCN(C(C)C)CC2)n1. The second-order valence-corrected chi connectivity index (χ2v) is 5.80. The Labute approximate surface area is 107 Å². The molecule has 1 unspecified atom stereocenters. The van der Waals surface area contributed by atoms with Crippen molar-refractivity contribution >= 4 is 16.5 Å². The summed E-state index contributed by atoms with van der Waals surface area (Å²) in [5.41, 5.74) is 6.85. The van der Waals surface area contributed by atoms with Crippen LogP contribution in [0.1, 0.15) is 32.5 Å². The Morgan fingerprint density at radius 1 is 1.24 bits per heavy atom.